The molecule has 0 aliphatic carbocycles. The predicted octanol–water partition coefficient (Wildman–Crippen LogP) is 1.61. The quantitative estimate of drug-likeness (QED) is 0.741. The Kier molecular flexibility index (Phi) is 4.03. The van der Waals surface area contributed by atoms with Gasteiger partial charge in [-0.2, -0.15) is 5.10 Å². The maximum atomic E-state index is 11.5. The van der Waals surface area contributed by atoms with Crippen LogP contribution in [0, 0.1) is 0 Å². The van der Waals surface area contributed by atoms with Crippen LogP contribution in [0.5, 0.6) is 0 Å². The summed E-state index contributed by atoms with van der Waals surface area (Å²) in [6, 6.07) is 2.20. The monoisotopic (exact) mass is 210 g/mol. The molecule has 0 bridgehead atoms. The fourth-order valence-corrected chi connectivity index (χ4v) is 1.21. The van der Waals surface area contributed by atoms with Crippen molar-refractivity contribution in [2.75, 3.05) is 7.11 Å². The molecule has 0 saturated carbocycles. The number of methoxy groups -OCH3 is 1. The van der Waals surface area contributed by atoms with Gasteiger partial charge in [-0.3, -0.25) is 9.48 Å². The van der Waals surface area contributed by atoms with Gasteiger partial charge in [-0.15, -0.1) is 0 Å². The van der Waals surface area contributed by atoms with Crippen LogP contribution in [0.25, 0.3) is 0 Å². The molecule has 0 aliphatic heterocycles. The highest BCUT2D eigenvalue weighted by Crippen LogP contribution is 2.06. The van der Waals surface area contributed by atoms with Gasteiger partial charge in [0, 0.05) is 19.3 Å². The van der Waals surface area contributed by atoms with Crippen molar-refractivity contribution in [2.24, 2.45) is 0 Å². The van der Waals surface area contributed by atoms with E-state index in [-0.39, 0.29) is 11.9 Å². The number of hydrogen-bond donors (Lipinski definition) is 0. The second-order valence-electron chi connectivity index (χ2n) is 3.90. The van der Waals surface area contributed by atoms with Gasteiger partial charge in [0.05, 0.1) is 12.1 Å². The zero-order valence-corrected chi connectivity index (χ0v) is 9.73. The van der Waals surface area contributed by atoms with E-state index in [0.29, 0.717) is 12.5 Å². The van der Waals surface area contributed by atoms with Gasteiger partial charge in [0.1, 0.15) is 6.10 Å². The first-order valence-electron chi connectivity index (χ1n) is 5.14. The van der Waals surface area contributed by atoms with Crippen LogP contribution in [0.3, 0.4) is 0 Å². The van der Waals surface area contributed by atoms with Crippen molar-refractivity contribution in [3.8, 4) is 0 Å². The molecule has 84 valence electrons. The first-order chi connectivity index (χ1) is 7.04. The van der Waals surface area contributed by atoms with Crippen LogP contribution in [0.4, 0.5) is 0 Å². The van der Waals surface area contributed by atoms with Gasteiger partial charge >= 0.3 is 0 Å². The average molecular weight is 210 g/mol. The molecule has 0 fully saturated rings. The third kappa shape index (κ3) is 3.16. The number of hydrogen-bond acceptors (Lipinski definition) is 3. The van der Waals surface area contributed by atoms with Crippen molar-refractivity contribution in [3.05, 3.63) is 18.0 Å². The highest BCUT2D eigenvalue weighted by molar-refractivity contribution is 5.84. The molecule has 15 heavy (non-hydrogen) atoms. The molecule has 0 aliphatic rings. The summed E-state index contributed by atoms with van der Waals surface area (Å²) in [6.07, 6.45) is 1.88. The highest BCUT2D eigenvalue weighted by atomic mass is 16.5. The lowest BCUT2D eigenvalue weighted by Gasteiger charge is -2.06. The number of ether oxygens (including phenoxy) is 1. The molecule has 0 N–H and O–H groups in total. The standard InChI is InChI=1S/C11H18N2O2/c1-8(2)13-6-5-10(12-13)7-11(14)9(3)15-4/h5-6,8-9H,7H2,1-4H3. The van der Waals surface area contributed by atoms with Gasteiger partial charge in [-0.05, 0) is 26.8 Å². The summed E-state index contributed by atoms with van der Waals surface area (Å²) in [4.78, 5) is 11.5. The Balaban J connectivity index is 2.61. The number of aromatic nitrogens is 2. The fraction of sp³-hybridized carbons (Fsp3) is 0.636. The normalized spacial score (nSPS) is 13.1. The fourth-order valence-electron chi connectivity index (χ4n) is 1.21. The molecule has 0 radical (unpaired) electrons. The van der Waals surface area contributed by atoms with Crippen molar-refractivity contribution in [1.29, 1.82) is 0 Å². The van der Waals surface area contributed by atoms with Gasteiger partial charge in [0.15, 0.2) is 5.78 Å². The number of rotatable bonds is 5. The van der Waals surface area contributed by atoms with E-state index >= 15 is 0 Å². The van der Waals surface area contributed by atoms with Gasteiger partial charge in [0.25, 0.3) is 0 Å². The summed E-state index contributed by atoms with van der Waals surface area (Å²) in [5.41, 5.74) is 0.803. The van der Waals surface area contributed by atoms with Crippen molar-refractivity contribution < 1.29 is 9.53 Å². The molecule has 4 nitrogen and oxygen atoms in total. The average Bonchev–Trinajstić information content (AvgIpc) is 2.65. The maximum absolute atomic E-state index is 11.5. The lowest BCUT2D eigenvalue weighted by molar-refractivity contribution is -0.127. The maximum Gasteiger partial charge on any atom is 0.167 e. The summed E-state index contributed by atoms with van der Waals surface area (Å²) < 4.78 is 6.80. The van der Waals surface area contributed by atoms with E-state index in [4.69, 9.17) is 4.74 Å². The summed E-state index contributed by atoms with van der Waals surface area (Å²) in [7, 11) is 1.54. The van der Waals surface area contributed by atoms with E-state index in [1.807, 2.05) is 16.9 Å². The molecule has 0 aromatic carbocycles. The number of carbonyl (C=O) groups excluding carboxylic acids is 1. The molecule has 1 aromatic rings. The number of carbonyl (C=O) groups is 1. The molecular formula is C11H18N2O2. The second-order valence-corrected chi connectivity index (χ2v) is 3.90. The lowest BCUT2D eigenvalue weighted by Crippen LogP contribution is -2.21. The van der Waals surface area contributed by atoms with Crippen LogP contribution >= 0.6 is 0 Å². The van der Waals surface area contributed by atoms with E-state index in [2.05, 4.69) is 18.9 Å². The highest BCUT2D eigenvalue weighted by Gasteiger charge is 2.14. The molecule has 1 rings (SSSR count). The Hall–Kier alpha value is -1.16. The van der Waals surface area contributed by atoms with E-state index in [0.717, 1.165) is 5.69 Å². The van der Waals surface area contributed by atoms with E-state index in [9.17, 15) is 4.79 Å². The van der Waals surface area contributed by atoms with Crippen molar-refractivity contribution in [1.82, 2.24) is 9.78 Å². The number of Topliss-reactive ketones (excluding diaryl/α,β-unsaturated/α-hetero) is 1. The minimum absolute atomic E-state index is 0.0616. The van der Waals surface area contributed by atoms with Crippen molar-refractivity contribution in [2.45, 2.75) is 39.3 Å². The Morgan fingerprint density at radius 2 is 2.20 bits per heavy atom. The van der Waals surface area contributed by atoms with Gasteiger partial charge < -0.3 is 4.74 Å². The molecule has 1 atom stereocenters. The zero-order valence-electron chi connectivity index (χ0n) is 9.73. The van der Waals surface area contributed by atoms with E-state index in [1.54, 1.807) is 6.92 Å². The summed E-state index contributed by atoms with van der Waals surface area (Å²) in [5.74, 6) is 0.0616. The molecule has 0 spiro atoms. The smallest absolute Gasteiger partial charge is 0.167 e. The minimum atomic E-state index is -0.353. The van der Waals surface area contributed by atoms with E-state index < -0.39 is 0 Å². The SMILES string of the molecule is COC(C)C(=O)Cc1ccn(C(C)C)n1. The summed E-state index contributed by atoms with van der Waals surface area (Å²) in [5, 5.41) is 4.31. The van der Waals surface area contributed by atoms with Crippen LogP contribution in [0.15, 0.2) is 12.3 Å². The van der Waals surface area contributed by atoms with E-state index in [1.165, 1.54) is 7.11 Å². The third-order valence-electron chi connectivity index (χ3n) is 2.35. The van der Waals surface area contributed by atoms with Gasteiger partial charge in [-0.25, -0.2) is 0 Å². The lowest BCUT2D eigenvalue weighted by atomic mass is 10.1. The summed E-state index contributed by atoms with van der Waals surface area (Å²) in [6.45, 7) is 5.86. The first kappa shape index (κ1) is 11.9. The Morgan fingerprint density at radius 3 is 2.67 bits per heavy atom. The zero-order chi connectivity index (χ0) is 11.4. The van der Waals surface area contributed by atoms with Crippen LogP contribution in [0.1, 0.15) is 32.5 Å². The molecule has 1 heterocycles. The Morgan fingerprint density at radius 1 is 1.53 bits per heavy atom. The van der Waals surface area contributed by atoms with Gasteiger partial charge in [-0.1, -0.05) is 0 Å². The van der Waals surface area contributed by atoms with Crippen molar-refractivity contribution >= 4 is 5.78 Å². The van der Waals surface area contributed by atoms with Crippen LogP contribution < -0.4 is 0 Å². The Labute approximate surface area is 90.2 Å². The summed E-state index contributed by atoms with van der Waals surface area (Å²) >= 11 is 0. The molecule has 1 aromatic heterocycles. The van der Waals surface area contributed by atoms with Crippen LogP contribution in [-0.2, 0) is 16.0 Å². The topological polar surface area (TPSA) is 44.1 Å². The third-order valence-corrected chi connectivity index (χ3v) is 2.35. The van der Waals surface area contributed by atoms with Crippen LogP contribution in [-0.4, -0.2) is 28.8 Å². The number of nitrogens with zero attached hydrogens (tertiary/aromatic N) is 2. The number of ketones is 1. The van der Waals surface area contributed by atoms with Crippen LogP contribution in [0.2, 0.25) is 0 Å². The molecule has 0 saturated heterocycles. The van der Waals surface area contributed by atoms with Crippen molar-refractivity contribution in [3.63, 3.8) is 0 Å². The molecule has 0 amide bonds. The minimum Gasteiger partial charge on any atom is -0.374 e. The largest absolute Gasteiger partial charge is 0.374 e. The molecular weight excluding hydrogens is 192 g/mol. The van der Waals surface area contributed by atoms with Gasteiger partial charge in [0.2, 0.25) is 0 Å². The second kappa shape index (κ2) is 5.07. The Bertz CT molecular complexity index is 331. The first-order valence-corrected chi connectivity index (χ1v) is 5.14. The molecule has 4 heteroatoms. The molecule has 1 unspecified atom stereocenters. The predicted molar refractivity (Wildman–Crippen MR) is 57.8 cm³/mol.